The van der Waals surface area contributed by atoms with Crippen molar-refractivity contribution >= 4 is 27.9 Å². The molecule has 0 saturated heterocycles. The number of amides is 2. The van der Waals surface area contributed by atoms with Gasteiger partial charge in [-0.15, -0.1) is 0 Å². The number of rotatable bonds is 4. The highest BCUT2D eigenvalue weighted by atomic mass is 79.9. The highest BCUT2D eigenvalue weighted by Gasteiger charge is 2.17. The molecular formula is C15H20BrFN2O3. The van der Waals surface area contributed by atoms with Crippen LogP contribution in [0.1, 0.15) is 38.1 Å². The Labute approximate surface area is 137 Å². The number of halogens is 2. The summed E-state index contributed by atoms with van der Waals surface area (Å²) in [5.74, 6) is -0.919. The lowest BCUT2D eigenvalue weighted by molar-refractivity contribution is 0.0521. The van der Waals surface area contributed by atoms with Crippen molar-refractivity contribution in [1.82, 2.24) is 10.6 Å². The Morgan fingerprint density at radius 1 is 1.36 bits per heavy atom. The highest BCUT2D eigenvalue weighted by Crippen LogP contribution is 2.16. The van der Waals surface area contributed by atoms with Crippen LogP contribution in [-0.4, -0.2) is 30.2 Å². The van der Waals surface area contributed by atoms with E-state index >= 15 is 0 Å². The molecule has 0 bridgehead atoms. The molecular weight excluding hydrogens is 355 g/mol. The van der Waals surface area contributed by atoms with Gasteiger partial charge in [0.05, 0.1) is 4.47 Å². The molecule has 2 N–H and O–H groups in total. The minimum absolute atomic E-state index is 0.208. The van der Waals surface area contributed by atoms with E-state index in [-0.39, 0.29) is 18.2 Å². The van der Waals surface area contributed by atoms with E-state index < -0.39 is 23.4 Å². The van der Waals surface area contributed by atoms with Crippen LogP contribution >= 0.6 is 15.9 Å². The average molecular weight is 375 g/mol. The zero-order valence-corrected chi connectivity index (χ0v) is 14.6. The van der Waals surface area contributed by atoms with Gasteiger partial charge in [0.25, 0.3) is 5.91 Å². The molecule has 0 spiro atoms. The Morgan fingerprint density at radius 3 is 2.55 bits per heavy atom. The topological polar surface area (TPSA) is 67.4 Å². The van der Waals surface area contributed by atoms with E-state index in [9.17, 15) is 14.0 Å². The quantitative estimate of drug-likeness (QED) is 0.849. The number of hydrogen-bond donors (Lipinski definition) is 2. The first-order valence-electron chi connectivity index (χ1n) is 6.81. The Hall–Kier alpha value is -1.63. The number of ether oxygens (including phenoxy) is 1. The Bertz CT molecular complexity index is 558. The van der Waals surface area contributed by atoms with Crippen molar-refractivity contribution in [2.75, 3.05) is 6.54 Å². The van der Waals surface area contributed by atoms with Crippen molar-refractivity contribution in [1.29, 1.82) is 0 Å². The number of benzene rings is 1. The number of nitrogens with one attached hydrogen (secondary N) is 2. The number of hydrogen-bond acceptors (Lipinski definition) is 3. The lowest BCUT2D eigenvalue weighted by atomic mass is 10.2. The van der Waals surface area contributed by atoms with Crippen molar-refractivity contribution < 1.29 is 18.7 Å². The molecule has 0 radical (unpaired) electrons. The second-order valence-electron chi connectivity index (χ2n) is 5.89. The zero-order valence-electron chi connectivity index (χ0n) is 13.0. The molecule has 0 heterocycles. The summed E-state index contributed by atoms with van der Waals surface area (Å²) in [4.78, 5) is 23.5. The third-order valence-corrected chi connectivity index (χ3v) is 3.15. The van der Waals surface area contributed by atoms with Gasteiger partial charge >= 0.3 is 6.09 Å². The van der Waals surface area contributed by atoms with E-state index in [2.05, 4.69) is 26.6 Å². The van der Waals surface area contributed by atoms with E-state index in [1.165, 1.54) is 12.1 Å². The summed E-state index contributed by atoms with van der Waals surface area (Å²) in [6.45, 7) is 7.23. The summed E-state index contributed by atoms with van der Waals surface area (Å²) in [6, 6.07) is 3.80. The van der Waals surface area contributed by atoms with Crippen LogP contribution < -0.4 is 10.6 Å². The minimum Gasteiger partial charge on any atom is -0.444 e. The third-order valence-electron chi connectivity index (χ3n) is 2.51. The first-order chi connectivity index (χ1) is 10.1. The van der Waals surface area contributed by atoms with E-state index in [0.717, 1.165) is 6.07 Å². The van der Waals surface area contributed by atoms with Crippen molar-refractivity contribution in [3.63, 3.8) is 0 Å². The summed E-state index contributed by atoms with van der Waals surface area (Å²) >= 11 is 3.03. The second kappa shape index (κ2) is 7.58. The van der Waals surface area contributed by atoms with Gasteiger partial charge in [-0.2, -0.15) is 0 Å². The molecule has 0 saturated carbocycles. The molecule has 0 aliphatic rings. The van der Waals surface area contributed by atoms with Crippen molar-refractivity contribution in [2.45, 2.75) is 39.3 Å². The maximum Gasteiger partial charge on any atom is 0.407 e. The molecule has 122 valence electrons. The van der Waals surface area contributed by atoms with E-state index in [1.54, 1.807) is 27.7 Å². The molecule has 22 heavy (non-hydrogen) atoms. The minimum atomic E-state index is -0.578. The van der Waals surface area contributed by atoms with Crippen LogP contribution in [0.3, 0.4) is 0 Å². The lowest BCUT2D eigenvalue weighted by Crippen LogP contribution is -2.43. The number of carbonyl (C=O) groups is 2. The summed E-state index contributed by atoms with van der Waals surface area (Å²) in [5.41, 5.74) is -0.365. The average Bonchev–Trinajstić information content (AvgIpc) is 2.37. The monoisotopic (exact) mass is 374 g/mol. The molecule has 1 aromatic rings. The fourth-order valence-corrected chi connectivity index (χ4v) is 1.79. The van der Waals surface area contributed by atoms with Crippen LogP contribution in [0.15, 0.2) is 22.7 Å². The maximum absolute atomic E-state index is 13.4. The van der Waals surface area contributed by atoms with E-state index in [4.69, 9.17) is 4.74 Å². The maximum atomic E-state index is 13.4. The van der Waals surface area contributed by atoms with Gasteiger partial charge in [-0.1, -0.05) is 0 Å². The van der Waals surface area contributed by atoms with Crippen LogP contribution in [0.4, 0.5) is 9.18 Å². The highest BCUT2D eigenvalue weighted by molar-refractivity contribution is 9.10. The molecule has 0 unspecified atom stereocenters. The molecule has 0 aromatic heterocycles. The smallest absolute Gasteiger partial charge is 0.407 e. The first kappa shape index (κ1) is 18.4. The fourth-order valence-electron chi connectivity index (χ4n) is 1.55. The number of alkyl carbamates (subject to hydrolysis) is 1. The van der Waals surface area contributed by atoms with Gasteiger partial charge in [-0.05, 0) is 61.8 Å². The third kappa shape index (κ3) is 6.43. The predicted octanol–water partition coefficient (Wildman–Crippen LogP) is 3.23. The normalized spacial score (nSPS) is 12.5. The standard InChI is InChI=1S/C15H20BrFN2O3/c1-9(8-18-14(21)22-15(2,3)4)19-13(20)10-5-6-11(16)12(17)7-10/h5-7,9H,8H2,1-4H3,(H,18,21)(H,19,20)/t9-/m1/s1. The Kier molecular flexibility index (Phi) is 6.34. The van der Waals surface area contributed by atoms with Gasteiger partial charge in [0.15, 0.2) is 0 Å². The summed E-state index contributed by atoms with van der Waals surface area (Å²) < 4.78 is 18.8. The fraction of sp³-hybridized carbons (Fsp3) is 0.467. The van der Waals surface area contributed by atoms with Crippen LogP contribution in [-0.2, 0) is 4.74 Å². The van der Waals surface area contributed by atoms with Gasteiger partial charge in [0, 0.05) is 18.2 Å². The van der Waals surface area contributed by atoms with Crippen LogP contribution in [0.2, 0.25) is 0 Å². The summed E-state index contributed by atoms with van der Waals surface area (Å²) in [6.07, 6.45) is -0.553. The van der Waals surface area contributed by atoms with E-state index in [1.807, 2.05) is 0 Å². The van der Waals surface area contributed by atoms with Gasteiger partial charge < -0.3 is 15.4 Å². The van der Waals surface area contributed by atoms with E-state index in [0.29, 0.717) is 4.47 Å². The Morgan fingerprint density at radius 2 is 2.00 bits per heavy atom. The van der Waals surface area contributed by atoms with Gasteiger partial charge in [0.2, 0.25) is 0 Å². The number of carbonyl (C=O) groups excluding carboxylic acids is 2. The largest absolute Gasteiger partial charge is 0.444 e. The molecule has 1 rings (SSSR count). The molecule has 7 heteroatoms. The molecule has 1 aromatic carbocycles. The molecule has 1 atom stereocenters. The predicted molar refractivity (Wildman–Crippen MR) is 85.3 cm³/mol. The molecule has 0 fully saturated rings. The second-order valence-corrected chi connectivity index (χ2v) is 6.74. The zero-order chi connectivity index (χ0) is 16.9. The van der Waals surface area contributed by atoms with Crippen molar-refractivity contribution in [3.05, 3.63) is 34.1 Å². The Balaban J connectivity index is 2.47. The lowest BCUT2D eigenvalue weighted by Gasteiger charge is -2.21. The van der Waals surface area contributed by atoms with Crippen LogP contribution in [0.25, 0.3) is 0 Å². The van der Waals surface area contributed by atoms with Crippen molar-refractivity contribution in [2.24, 2.45) is 0 Å². The molecule has 2 amide bonds. The molecule has 0 aliphatic heterocycles. The molecule has 5 nitrogen and oxygen atoms in total. The SMILES string of the molecule is C[C@H](CNC(=O)OC(C)(C)C)NC(=O)c1ccc(Br)c(F)c1. The van der Waals surface area contributed by atoms with Crippen LogP contribution in [0, 0.1) is 5.82 Å². The van der Waals surface area contributed by atoms with Gasteiger partial charge in [-0.25, -0.2) is 9.18 Å². The summed E-state index contributed by atoms with van der Waals surface area (Å²) in [7, 11) is 0. The first-order valence-corrected chi connectivity index (χ1v) is 7.60. The molecule has 0 aliphatic carbocycles. The van der Waals surface area contributed by atoms with Crippen LogP contribution in [0.5, 0.6) is 0 Å². The van der Waals surface area contributed by atoms with Gasteiger partial charge in [0.1, 0.15) is 11.4 Å². The van der Waals surface area contributed by atoms with Gasteiger partial charge in [-0.3, -0.25) is 4.79 Å². The van der Waals surface area contributed by atoms with Crippen molar-refractivity contribution in [3.8, 4) is 0 Å². The summed E-state index contributed by atoms with van der Waals surface area (Å²) in [5, 5.41) is 5.23.